The highest BCUT2D eigenvalue weighted by Crippen LogP contribution is 2.38. The van der Waals surface area contributed by atoms with Crippen LogP contribution in [0.4, 0.5) is 17.1 Å². The van der Waals surface area contributed by atoms with E-state index in [1.54, 1.807) is 49.1 Å². The van der Waals surface area contributed by atoms with Gasteiger partial charge in [0.15, 0.2) is 17.1 Å². The lowest BCUT2D eigenvalue weighted by Crippen LogP contribution is -2.12. The predicted octanol–water partition coefficient (Wildman–Crippen LogP) is 5.77. The number of hydrogen-bond acceptors (Lipinski definition) is 9. The van der Waals surface area contributed by atoms with E-state index in [4.69, 9.17) is 18.9 Å². The molecule has 0 aliphatic carbocycles. The summed E-state index contributed by atoms with van der Waals surface area (Å²) in [5, 5.41) is 10.7. The Morgan fingerprint density at radius 1 is 0.860 bits per heavy atom. The van der Waals surface area contributed by atoms with Crippen LogP contribution in [0.5, 0.6) is 17.2 Å². The van der Waals surface area contributed by atoms with Crippen LogP contribution in [0.1, 0.15) is 33.2 Å². The van der Waals surface area contributed by atoms with Crippen LogP contribution in [0.2, 0.25) is 0 Å². The lowest BCUT2D eigenvalue weighted by molar-refractivity contribution is 0.0597. The number of nitrogens with zero attached hydrogens (tertiary/aromatic N) is 3. The van der Waals surface area contributed by atoms with E-state index in [-0.39, 0.29) is 11.5 Å². The van der Waals surface area contributed by atoms with Gasteiger partial charge in [-0.05, 0) is 54.4 Å². The number of anilines is 3. The largest absolute Gasteiger partial charge is 0.496 e. The lowest BCUT2D eigenvalue weighted by Gasteiger charge is -2.18. The summed E-state index contributed by atoms with van der Waals surface area (Å²) in [4.78, 5) is 29.7. The number of carbonyl (C=O) groups excluding carboxylic acids is 2. The number of hydrogen-bond donors (Lipinski definition) is 2. The zero-order valence-electron chi connectivity index (χ0n) is 24.4. The molecule has 1 amide bonds. The van der Waals surface area contributed by atoms with Crippen molar-refractivity contribution in [3.05, 3.63) is 89.9 Å². The zero-order valence-corrected chi connectivity index (χ0v) is 24.4. The average molecular weight is 582 g/mol. The van der Waals surface area contributed by atoms with Crippen molar-refractivity contribution in [1.29, 1.82) is 0 Å². The third kappa shape index (κ3) is 5.78. The monoisotopic (exact) mass is 581 g/mol. The number of benzene rings is 3. The number of ether oxygens (including phenoxy) is 4. The van der Waals surface area contributed by atoms with Crippen LogP contribution in [0.15, 0.2) is 73.2 Å². The van der Waals surface area contributed by atoms with Crippen LogP contribution in [0.25, 0.3) is 16.8 Å². The van der Waals surface area contributed by atoms with Crippen molar-refractivity contribution >= 4 is 34.6 Å². The smallest absolute Gasteiger partial charge is 0.341 e. The van der Waals surface area contributed by atoms with Crippen molar-refractivity contribution in [2.75, 3.05) is 39.1 Å². The van der Waals surface area contributed by atoms with E-state index < -0.39 is 5.97 Å². The molecule has 220 valence electrons. The Balaban J connectivity index is 1.46. The summed E-state index contributed by atoms with van der Waals surface area (Å²) in [6.07, 6.45) is 4.05. The highest BCUT2D eigenvalue weighted by atomic mass is 16.5. The molecule has 2 heterocycles. The van der Waals surface area contributed by atoms with Gasteiger partial charge in [0.2, 0.25) is 0 Å². The van der Waals surface area contributed by atoms with Crippen molar-refractivity contribution in [3.63, 3.8) is 0 Å². The SMILES string of the molecule is CCc1c(Nc2cc(-c3cccc(C(=O)Nc4ccc(C(=O)OC)c(OC)c4)c3)cn3ncnc23)ccc(OC)c1OC. The van der Waals surface area contributed by atoms with Gasteiger partial charge in [-0.2, -0.15) is 5.10 Å². The van der Waals surface area contributed by atoms with Gasteiger partial charge in [0.25, 0.3) is 5.91 Å². The summed E-state index contributed by atoms with van der Waals surface area (Å²) in [5.74, 6) is 0.755. The first kappa shape index (κ1) is 28.9. The third-order valence-electron chi connectivity index (χ3n) is 6.97. The van der Waals surface area contributed by atoms with Gasteiger partial charge in [-0.3, -0.25) is 4.79 Å². The Morgan fingerprint density at radius 2 is 1.67 bits per heavy atom. The molecular weight excluding hydrogens is 550 g/mol. The summed E-state index contributed by atoms with van der Waals surface area (Å²) in [7, 11) is 5.97. The van der Waals surface area contributed by atoms with Gasteiger partial charge in [0, 0.05) is 40.3 Å². The molecule has 3 aromatic carbocycles. The second-order valence-electron chi connectivity index (χ2n) is 9.42. The quantitative estimate of drug-likeness (QED) is 0.198. The first-order valence-corrected chi connectivity index (χ1v) is 13.4. The Morgan fingerprint density at radius 3 is 2.40 bits per heavy atom. The van der Waals surface area contributed by atoms with Gasteiger partial charge in [-0.1, -0.05) is 19.1 Å². The fourth-order valence-electron chi connectivity index (χ4n) is 4.87. The summed E-state index contributed by atoms with van der Waals surface area (Å²) < 4.78 is 22.9. The van der Waals surface area contributed by atoms with Crippen LogP contribution < -0.4 is 24.8 Å². The number of rotatable bonds is 10. The van der Waals surface area contributed by atoms with Crippen LogP contribution in [0.3, 0.4) is 0 Å². The van der Waals surface area contributed by atoms with Crippen molar-refractivity contribution < 1.29 is 28.5 Å². The molecule has 11 nitrogen and oxygen atoms in total. The Labute approximate surface area is 248 Å². The predicted molar refractivity (Wildman–Crippen MR) is 163 cm³/mol. The maximum Gasteiger partial charge on any atom is 0.341 e. The number of pyridine rings is 1. The number of carbonyl (C=O) groups is 2. The second kappa shape index (κ2) is 12.5. The van der Waals surface area contributed by atoms with Gasteiger partial charge < -0.3 is 29.6 Å². The number of amides is 1. The van der Waals surface area contributed by atoms with E-state index in [0.717, 1.165) is 28.1 Å². The summed E-state index contributed by atoms with van der Waals surface area (Å²) in [6, 6.07) is 17.7. The van der Waals surface area contributed by atoms with E-state index in [1.807, 2.05) is 43.5 Å². The normalized spacial score (nSPS) is 10.7. The van der Waals surface area contributed by atoms with Crippen molar-refractivity contribution in [3.8, 4) is 28.4 Å². The van der Waals surface area contributed by atoms with Gasteiger partial charge in [0.1, 0.15) is 17.6 Å². The number of aromatic nitrogens is 3. The molecule has 2 N–H and O–H groups in total. The molecule has 0 spiro atoms. The first-order valence-electron chi connectivity index (χ1n) is 13.4. The Bertz CT molecular complexity index is 1820. The van der Waals surface area contributed by atoms with Crippen LogP contribution >= 0.6 is 0 Å². The fraction of sp³-hybridized carbons (Fsp3) is 0.188. The lowest BCUT2D eigenvalue weighted by atomic mass is 10.0. The summed E-state index contributed by atoms with van der Waals surface area (Å²) in [5.41, 5.74) is 5.96. The van der Waals surface area contributed by atoms with Crippen LogP contribution in [-0.2, 0) is 11.2 Å². The van der Waals surface area contributed by atoms with Crippen LogP contribution in [0, 0.1) is 0 Å². The highest BCUT2D eigenvalue weighted by Gasteiger charge is 2.18. The van der Waals surface area contributed by atoms with Crippen LogP contribution in [-0.4, -0.2) is 54.9 Å². The minimum Gasteiger partial charge on any atom is -0.496 e. The molecule has 0 saturated carbocycles. The molecule has 0 aliphatic rings. The molecule has 0 fully saturated rings. The molecule has 0 aliphatic heterocycles. The molecule has 11 heteroatoms. The maximum atomic E-state index is 13.2. The first-order chi connectivity index (χ1) is 20.9. The molecule has 0 unspecified atom stereocenters. The average Bonchev–Trinajstić information content (AvgIpc) is 3.53. The summed E-state index contributed by atoms with van der Waals surface area (Å²) >= 11 is 0. The highest BCUT2D eigenvalue weighted by molar-refractivity contribution is 6.05. The molecule has 0 atom stereocenters. The molecule has 5 rings (SSSR count). The molecule has 5 aromatic rings. The molecule has 0 saturated heterocycles. The van der Waals surface area contributed by atoms with E-state index in [2.05, 4.69) is 20.7 Å². The Kier molecular flexibility index (Phi) is 8.42. The van der Waals surface area contributed by atoms with Gasteiger partial charge in [-0.25, -0.2) is 14.3 Å². The molecule has 2 aromatic heterocycles. The van der Waals surface area contributed by atoms with E-state index >= 15 is 0 Å². The number of fused-ring (bicyclic) bond motifs is 1. The van der Waals surface area contributed by atoms with Crippen molar-refractivity contribution in [2.24, 2.45) is 0 Å². The summed E-state index contributed by atoms with van der Waals surface area (Å²) in [6.45, 7) is 2.05. The van der Waals surface area contributed by atoms with E-state index in [1.165, 1.54) is 20.5 Å². The van der Waals surface area contributed by atoms with E-state index in [0.29, 0.717) is 40.6 Å². The number of methoxy groups -OCH3 is 4. The third-order valence-corrected chi connectivity index (χ3v) is 6.97. The number of esters is 1. The second-order valence-corrected chi connectivity index (χ2v) is 9.42. The van der Waals surface area contributed by atoms with E-state index in [9.17, 15) is 9.59 Å². The Hall–Kier alpha value is -5.58. The number of nitrogens with one attached hydrogen (secondary N) is 2. The minimum absolute atomic E-state index is 0.261. The molecule has 43 heavy (non-hydrogen) atoms. The maximum absolute atomic E-state index is 13.2. The van der Waals surface area contributed by atoms with Crippen molar-refractivity contribution in [1.82, 2.24) is 14.6 Å². The topological polar surface area (TPSA) is 125 Å². The standard InChI is InChI=1S/C32H31N5O6/c1-6-23-25(12-13-27(40-2)29(23)42-4)36-26-15-21(17-37-30(26)33-18-34-37)19-8-7-9-20(14-19)31(38)35-22-10-11-24(32(39)43-5)28(16-22)41-3/h7-18,36H,6H2,1-5H3,(H,35,38). The van der Waals surface area contributed by atoms with Gasteiger partial charge >= 0.3 is 5.97 Å². The molecular formula is C32H31N5O6. The van der Waals surface area contributed by atoms with Crippen molar-refractivity contribution in [2.45, 2.75) is 13.3 Å². The minimum atomic E-state index is -0.530. The molecule has 0 bridgehead atoms. The fourth-order valence-corrected chi connectivity index (χ4v) is 4.87. The molecule has 0 radical (unpaired) electrons. The van der Waals surface area contributed by atoms with Gasteiger partial charge in [-0.15, -0.1) is 0 Å². The van der Waals surface area contributed by atoms with Gasteiger partial charge in [0.05, 0.1) is 34.1 Å². The zero-order chi connectivity index (χ0) is 30.5.